The van der Waals surface area contributed by atoms with E-state index in [-0.39, 0.29) is 18.3 Å². The Bertz CT molecular complexity index is 917. The van der Waals surface area contributed by atoms with Crippen molar-refractivity contribution in [2.24, 2.45) is 0 Å². The molecule has 1 amide bonds. The van der Waals surface area contributed by atoms with Gasteiger partial charge in [0.15, 0.2) is 17.2 Å². The highest BCUT2D eigenvalue weighted by Crippen LogP contribution is 2.33. The van der Waals surface area contributed by atoms with Gasteiger partial charge in [-0.3, -0.25) is 4.79 Å². The molecular formula is C16H14N4O5. The van der Waals surface area contributed by atoms with Crippen LogP contribution in [0.4, 0.5) is 0 Å². The van der Waals surface area contributed by atoms with Crippen LogP contribution in [0.1, 0.15) is 22.0 Å². The summed E-state index contributed by atoms with van der Waals surface area (Å²) in [6.45, 7) is 2.71. The Kier molecular flexibility index (Phi) is 3.81. The average molecular weight is 342 g/mol. The second-order valence-corrected chi connectivity index (χ2v) is 5.35. The first-order valence-electron chi connectivity index (χ1n) is 7.64. The third kappa shape index (κ3) is 3.03. The molecule has 0 aliphatic carbocycles. The van der Waals surface area contributed by atoms with E-state index in [1.54, 1.807) is 31.2 Å². The van der Waals surface area contributed by atoms with Gasteiger partial charge in [-0.15, -0.1) is 0 Å². The molecule has 0 bridgehead atoms. The second-order valence-electron chi connectivity index (χ2n) is 5.35. The fourth-order valence-electron chi connectivity index (χ4n) is 2.41. The van der Waals surface area contributed by atoms with E-state index in [0.29, 0.717) is 47.6 Å². The van der Waals surface area contributed by atoms with Crippen molar-refractivity contribution < 1.29 is 23.3 Å². The number of benzene rings is 1. The second kappa shape index (κ2) is 6.27. The Labute approximate surface area is 141 Å². The first kappa shape index (κ1) is 15.2. The van der Waals surface area contributed by atoms with Crippen molar-refractivity contribution in [2.75, 3.05) is 13.2 Å². The fourth-order valence-corrected chi connectivity index (χ4v) is 2.41. The molecule has 0 saturated carbocycles. The number of aromatic nitrogens is 3. The van der Waals surface area contributed by atoms with Crippen LogP contribution in [0.5, 0.6) is 11.5 Å². The molecule has 0 saturated heterocycles. The van der Waals surface area contributed by atoms with Crippen molar-refractivity contribution in [3.63, 3.8) is 0 Å². The molecule has 128 valence electrons. The van der Waals surface area contributed by atoms with Crippen LogP contribution >= 0.6 is 0 Å². The molecule has 3 aromatic rings. The Hall–Kier alpha value is -3.36. The molecule has 1 N–H and O–H groups in total. The molecule has 2 aromatic heterocycles. The average Bonchev–Trinajstić information content (AvgIpc) is 3.28. The number of rotatable bonds is 4. The Morgan fingerprint density at radius 3 is 2.92 bits per heavy atom. The van der Waals surface area contributed by atoms with Gasteiger partial charge in [0, 0.05) is 6.07 Å². The number of nitrogens with one attached hydrogen (secondary N) is 1. The quantitative estimate of drug-likeness (QED) is 0.763. The van der Waals surface area contributed by atoms with Crippen LogP contribution in [0.3, 0.4) is 0 Å². The molecule has 4 rings (SSSR count). The number of para-hydroxylation sites is 1. The maximum absolute atomic E-state index is 12.4. The lowest BCUT2D eigenvalue weighted by Gasteiger charge is -2.20. The largest absolute Gasteiger partial charge is 0.486 e. The van der Waals surface area contributed by atoms with Crippen LogP contribution < -0.4 is 14.8 Å². The fraction of sp³-hybridized carbons (Fsp3) is 0.250. The maximum Gasteiger partial charge on any atom is 0.255 e. The lowest BCUT2D eigenvalue weighted by Crippen LogP contribution is -2.25. The van der Waals surface area contributed by atoms with Gasteiger partial charge in [0.25, 0.3) is 5.91 Å². The molecule has 0 radical (unpaired) electrons. The smallest absolute Gasteiger partial charge is 0.255 e. The van der Waals surface area contributed by atoms with E-state index in [1.807, 2.05) is 0 Å². The summed E-state index contributed by atoms with van der Waals surface area (Å²) in [4.78, 5) is 16.6. The van der Waals surface area contributed by atoms with Crippen LogP contribution in [0.2, 0.25) is 0 Å². The lowest BCUT2D eigenvalue weighted by molar-refractivity contribution is 0.0935. The highest BCUT2D eigenvalue weighted by Gasteiger charge is 2.21. The summed E-state index contributed by atoms with van der Waals surface area (Å²) in [6.07, 6.45) is 0. The van der Waals surface area contributed by atoms with E-state index in [9.17, 15) is 4.79 Å². The summed E-state index contributed by atoms with van der Waals surface area (Å²) in [5.74, 6) is 1.88. The molecular weight excluding hydrogens is 328 g/mol. The van der Waals surface area contributed by atoms with Crippen LogP contribution in [-0.2, 0) is 6.54 Å². The van der Waals surface area contributed by atoms with E-state index >= 15 is 0 Å². The summed E-state index contributed by atoms with van der Waals surface area (Å²) in [7, 11) is 0. The topological polar surface area (TPSA) is 113 Å². The lowest BCUT2D eigenvalue weighted by atomic mass is 10.1. The zero-order valence-electron chi connectivity index (χ0n) is 13.3. The predicted molar refractivity (Wildman–Crippen MR) is 83.1 cm³/mol. The summed E-state index contributed by atoms with van der Waals surface area (Å²) in [5, 5.41) is 10.3. The number of carbonyl (C=O) groups is 1. The van der Waals surface area contributed by atoms with E-state index < -0.39 is 0 Å². The third-order valence-corrected chi connectivity index (χ3v) is 3.54. The van der Waals surface area contributed by atoms with Crippen LogP contribution in [-0.4, -0.2) is 34.4 Å². The number of amides is 1. The summed E-state index contributed by atoms with van der Waals surface area (Å²) in [6, 6.07) is 6.86. The minimum atomic E-state index is -0.320. The van der Waals surface area contributed by atoms with Crippen molar-refractivity contribution in [1.29, 1.82) is 0 Å². The number of fused-ring (bicyclic) bond motifs is 1. The predicted octanol–water partition coefficient (Wildman–Crippen LogP) is 1.73. The van der Waals surface area contributed by atoms with Crippen molar-refractivity contribution in [3.8, 4) is 23.0 Å². The zero-order valence-corrected chi connectivity index (χ0v) is 13.3. The molecule has 0 unspecified atom stereocenters. The van der Waals surface area contributed by atoms with Gasteiger partial charge in [0.05, 0.1) is 12.1 Å². The number of hydrogen-bond donors (Lipinski definition) is 1. The van der Waals surface area contributed by atoms with Crippen molar-refractivity contribution >= 4 is 5.91 Å². The van der Waals surface area contributed by atoms with E-state index in [2.05, 4.69) is 20.6 Å². The molecule has 0 spiro atoms. The molecule has 9 nitrogen and oxygen atoms in total. The Balaban J connectivity index is 1.45. The molecule has 1 aliphatic rings. The molecule has 1 aliphatic heterocycles. The van der Waals surface area contributed by atoms with E-state index in [4.69, 9.17) is 18.5 Å². The molecule has 9 heteroatoms. The standard InChI is InChI=1S/C16H14N4O5/c1-9-7-11(19-24-9)15-18-13(25-20-15)8-17-16(21)10-3-2-4-12-14(10)23-6-5-22-12/h2-4,7H,5-6,8H2,1H3,(H,17,21). The summed E-state index contributed by atoms with van der Waals surface area (Å²) < 4.78 is 21.1. The van der Waals surface area contributed by atoms with Gasteiger partial charge < -0.3 is 23.8 Å². The Morgan fingerprint density at radius 2 is 2.08 bits per heavy atom. The minimum absolute atomic E-state index is 0.0766. The highest BCUT2D eigenvalue weighted by atomic mass is 16.6. The van der Waals surface area contributed by atoms with Gasteiger partial charge in [-0.25, -0.2) is 0 Å². The summed E-state index contributed by atoms with van der Waals surface area (Å²) >= 11 is 0. The zero-order chi connectivity index (χ0) is 17.2. The SMILES string of the molecule is Cc1cc(-c2noc(CNC(=O)c3cccc4c3OCCO4)n2)no1. The molecule has 0 fully saturated rings. The van der Waals surface area contributed by atoms with Crippen LogP contribution in [0, 0.1) is 6.92 Å². The van der Waals surface area contributed by atoms with E-state index in [0.717, 1.165) is 0 Å². The van der Waals surface area contributed by atoms with Crippen molar-refractivity contribution in [2.45, 2.75) is 13.5 Å². The number of hydrogen-bond acceptors (Lipinski definition) is 8. The van der Waals surface area contributed by atoms with Gasteiger partial charge in [0.1, 0.15) is 19.0 Å². The monoisotopic (exact) mass is 342 g/mol. The summed E-state index contributed by atoms with van der Waals surface area (Å²) in [5.41, 5.74) is 0.866. The van der Waals surface area contributed by atoms with Crippen LogP contribution in [0.25, 0.3) is 11.5 Å². The maximum atomic E-state index is 12.4. The molecule has 0 atom stereocenters. The third-order valence-electron chi connectivity index (χ3n) is 3.54. The van der Waals surface area contributed by atoms with Crippen LogP contribution in [0.15, 0.2) is 33.3 Å². The highest BCUT2D eigenvalue weighted by molar-refractivity contribution is 5.97. The molecule has 25 heavy (non-hydrogen) atoms. The van der Waals surface area contributed by atoms with Gasteiger partial charge in [-0.1, -0.05) is 16.4 Å². The number of ether oxygens (including phenoxy) is 2. The minimum Gasteiger partial charge on any atom is -0.486 e. The number of carbonyl (C=O) groups excluding carboxylic acids is 1. The molecule has 3 heterocycles. The normalized spacial score (nSPS) is 12.8. The van der Waals surface area contributed by atoms with Gasteiger partial charge >= 0.3 is 0 Å². The Morgan fingerprint density at radius 1 is 1.20 bits per heavy atom. The number of aryl methyl sites for hydroxylation is 1. The number of nitrogens with zero attached hydrogens (tertiary/aromatic N) is 3. The first-order chi connectivity index (χ1) is 12.2. The van der Waals surface area contributed by atoms with Crippen molar-refractivity contribution in [3.05, 3.63) is 41.5 Å². The van der Waals surface area contributed by atoms with E-state index in [1.165, 1.54) is 0 Å². The van der Waals surface area contributed by atoms with Gasteiger partial charge in [0.2, 0.25) is 11.7 Å². The first-order valence-corrected chi connectivity index (χ1v) is 7.64. The molecule has 1 aromatic carbocycles. The van der Waals surface area contributed by atoms with Gasteiger partial charge in [-0.2, -0.15) is 4.98 Å². The van der Waals surface area contributed by atoms with Crippen molar-refractivity contribution in [1.82, 2.24) is 20.6 Å². The van der Waals surface area contributed by atoms with Gasteiger partial charge in [-0.05, 0) is 19.1 Å².